The molecular formula is C14H18N2S. The monoisotopic (exact) mass is 246 g/mol. The Bertz CT molecular complexity index is 416. The summed E-state index contributed by atoms with van der Waals surface area (Å²) in [4.78, 5) is 0. The third kappa shape index (κ3) is 2.76. The van der Waals surface area contributed by atoms with Crippen molar-refractivity contribution in [2.45, 2.75) is 30.4 Å². The molecule has 3 heteroatoms. The van der Waals surface area contributed by atoms with Crippen molar-refractivity contribution in [2.24, 2.45) is 0 Å². The molecule has 1 aliphatic carbocycles. The quantitative estimate of drug-likeness (QED) is 0.881. The van der Waals surface area contributed by atoms with Gasteiger partial charge in [0, 0.05) is 11.3 Å². The average molecular weight is 246 g/mol. The maximum absolute atomic E-state index is 9.04. The zero-order valence-electron chi connectivity index (χ0n) is 10.2. The number of anilines is 1. The molecule has 0 amide bonds. The normalized spacial score (nSPS) is 17.6. The van der Waals surface area contributed by atoms with Crippen LogP contribution in [-0.4, -0.2) is 17.5 Å². The van der Waals surface area contributed by atoms with E-state index in [1.165, 1.54) is 25.7 Å². The highest BCUT2D eigenvalue weighted by molar-refractivity contribution is 8.00. The van der Waals surface area contributed by atoms with Gasteiger partial charge in [0.2, 0.25) is 0 Å². The van der Waals surface area contributed by atoms with E-state index in [0.717, 1.165) is 17.8 Å². The van der Waals surface area contributed by atoms with Crippen LogP contribution in [0.15, 0.2) is 24.3 Å². The third-order valence-corrected chi connectivity index (χ3v) is 5.01. The molecule has 0 heterocycles. The Hall–Kier alpha value is -1.14. The molecule has 1 aliphatic rings. The summed E-state index contributed by atoms with van der Waals surface area (Å²) in [5, 5.41) is 12.5. The minimum absolute atomic E-state index is 0.378. The molecule has 90 valence electrons. The fourth-order valence-electron chi connectivity index (χ4n) is 2.46. The van der Waals surface area contributed by atoms with Gasteiger partial charge in [0.1, 0.15) is 6.07 Å². The highest BCUT2D eigenvalue weighted by atomic mass is 32.2. The Morgan fingerprint density at radius 3 is 2.71 bits per heavy atom. The van der Waals surface area contributed by atoms with Crippen LogP contribution in [0, 0.1) is 11.3 Å². The number of para-hydroxylation sites is 1. The van der Waals surface area contributed by atoms with E-state index in [0.29, 0.717) is 4.75 Å². The van der Waals surface area contributed by atoms with E-state index in [9.17, 15) is 0 Å². The lowest BCUT2D eigenvalue weighted by atomic mass is 10.1. The Kier molecular flexibility index (Phi) is 3.96. The van der Waals surface area contributed by atoms with E-state index in [2.05, 4.69) is 17.6 Å². The van der Waals surface area contributed by atoms with E-state index < -0.39 is 0 Å². The van der Waals surface area contributed by atoms with E-state index in [4.69, 9.17) is 5.26 Å². The minimum Gasteiger partial charge on any atom is -0.383 e. The van der Waals surface area contributed by atoms with E-state index in [-0.39, 0.29) is 0 Å². The van der Waals surface area contributed by atoms with E-state index in [1.54, 1.807) is 0 Å². The molecule has 0 unspecified atom stereocenters. The van der Waals surface area contributed by atoms with Crippen molar-refractivity contribution in [1.82, 2.24) is 0 Å². The molecule has 1 aromatic rings. The number of benzene rings is 1. The maximum atomic E-state index is 9.04. The summed E-state index contributed by atoms with van der Waals surface area (Å²) in [6, 6.07) is 9.97. The zero-order chi connectivity index (χ0) is 12.1. The van der Waals surface area contributed by atoms with Crippen molar-refractivity contribution in [3.63, 3.8) is 0 Å². The van der Waals surface area contributed by atoms with Crippen LogP contribution >= 0.6 is 11.8 Å². The van der Waals surface area contributed by atoms with Crippen LogP contribution in [-0.2, 0) is 0 Å². The first-order valence-corrected chi connectivity index (χ1v) is 7.30. The van der Waals surface area contributed by atoms with Crippen molar-refractivity contribution in [3.05, 3.63) is 29.8 Å². The molecule has 0 aliphatic heterocycles. The van der Waals surface area contributed by atoms with Crippen molar-refractivity contribution in [1.29, 1.82) is 5.26 Å². The molecule has 0 spiro atoms. The Morgan fingerprint density at radius 1 is 1.35 bits per heavy atom. The standard InChI is InChI=1S/C14H18N2S/c1-17-14(8-4-5-9-14)11-16-13-7-3-2-6-12(13)10-15/h2-3,6-7,16H,4-5,8-9,11H2,1H3. The number of nitriles is 1. The van der Waals surface area contributed by atoms with Gasteiger partial charge in [0.15, 0.2) is 0 Å². The molecule has 0 aromatic heterocycles. The second-order valence-corrected chi connectivity index (χ2v) is 5.88. The maximum Gasteiger partial charge on any atom is 0.101 e. The smallest absolute Gasteiger partial charge is 0.101 e. The Labute approximate surface area is 107 Å². The van der Waals surface area contributed by atoms with Gasteiger partial charge in [-0.05, 0) is 31.2 Å². The molecule has 17 heavy (non-hydrogen) atoms. The molecule has 0 saturated heterocycles. The highest BCUT2D eigenvalue weighted by Gasteiger charge is 2.32. The van der Waals surface area contributed by atoms with Gasteiger partial charge in [-0.2, -0.15) is 17.0 Å². The molecule has 0 atom stereocenters. The summed E-state index contributed by atoms with van der Waals surface area (Å²) < 4.78 is 0.378. The van der Waals surface area contributed by atoms with Gasteiger partial charge in [0.25, 0.3) is 0 Å². The van der Waals surface area contributed by atoms with Crippen molar-refractivity contribution in [2.75, 3.05) is 18.1 Å². The first-order valence-electron chi connectivity index (χ1n) is 6.08. The summed E-state index contributed by atoms with van der Waals surface area (Å²) >= 11 is 1.97. The van der Waals surface area contributed by atoms with Gasteiger partial charge in [0.05, 0.1) is 11.3 Å². The number of hydrogen-bond acceptors (Lipinski definition) is 3. The topological polar surface area (TPSA) is 35.8 Å². The highest BCUT2D eigenvalue weighted by Crippen LogP contribution is 2.40. The van der Waals surface area contributed by atoms with Crippen LogP contribution in [0.5, 0.6) is 0 Å². The van der Waals surface area contributed by atoms with Gasteiger partial charge in [-0.25, -0.2) is 0 Å². The molecule has 1 N–H and O–H groups in total. The van der Waals surface area contributed by atoms with E-state index >= 15 is 0 Å². The first kappa shape index (κ1) is 12.3. The fraction of sp³-hybridized carbons (Fsp3) is 0.500. The van der Waals surface area contributed by atoms with Gasteiger partial charge in [-0.15, -0.1) is 0 Å². The van der Waals surface area contributed by atoms with Crippen molar-refractivity contribution >= 4 is 17.4 Å². The number of thioether (sulfide) groups is 1. The van der Waals surface area contributed by atoms with Gasteiger partial charge < -0.3 is 5.32 Å². The second-order valence-electron chi connectivity index (χ2n) is 4.61. The van der Waals surface area contributed by atoms with Crippen LogP contribution in [0.2, 0.25) is 0 Å². The second kappa shape index (κ2) is 5.46. The van der Waals surface area contributed by atoms with Crippen LogP contribution in [0.4, 0.5) is 5.69 Å². The molecule has 0 bridgehead atoms. The predicted molar refractivity (Wildman–Crippen MR) is 74.4 cm³/mol. The number of rotatable bonds is 4. The zero-order valence-corrected chi connectivity index (χ0v) is 11.0. The molecule has 2 nitrogen and oxygen atoms in total. The minimum atomic E-state index is 0.378. The van der Waals surface area contributed by atoms with Gasteiger partial charge >= 0.3 is 0 Å². The van der Waals surface area contributed by atoms with Crippen molar-refractivity contribution < 1.29 is 0 Å². The lowest BCUT2D eigenvalue weighted by Crippen LogP contribution is -2.30. The predicted octanol–water partition coefficient (Wildman–Crippen LogP) is 3.65. The molecule has 0 radical (unpaired) electrons. The van der Waals surface area contributed by atoms with Gasteiger partial charge in [-0.1, -0.05) is 25.0 Å². The SMILES string of the molecule is CSC1(CNc2ccccc2C#N)CCCC1. The van der Waals surface area contributed by atoms with Crippen LogP contribution in [0.25, 0.3) is 0 Å². The summed E-state index contributed by atoms with van der Waals surface area (Å²) in [5.41, 5.74) is 1.71. The summed E-state index contributed by atoms with van der Waals surface area (Å²) in [6.45, 7) is 0.965. The van der Waals surface area contributed by atoms with Crippen LogP contribution in [0.3, 0.4) is 0 Å². The van der Waals surface area contributed by atoms with Crippen molar-refractivity contribution in [3.8, 4) is 6.07 Å². The first-order chi connectivity index (χ1) is 8.29. The molecule has 1 fully saturated rings. The number of hydrogen-bond donors (Lipinski definition) is 1. The van der Waals surface area contributed by atoms with E-state index in [1.807, 2.05) is 36.0 Å². The Morgan fingerprint density at radius 2 is 2.06 bits per heavy atom. The molecule has 2 rings (SSSR count). The lowest BCUT2D eigenvalue weighted by molar-refractivity contribution is 0.640. The number of nitrogens with one attached hydrogen (secondary N) is 1. The summed E-state index contributed by atoms with van der Waals surface area (Å²) in [5.74, 6) is 0. The fourth-order valence-corrected chi connectivity index (χ4v) is 3.38. The van der Waals surface area contributed by atoms with Gasteiger partial charge in [-0.3, -0.25) is 0 Å². The molecule has 1 aromatic carbocycles. The third-order valence-electron chi connectivity index (χ3n) is 3.60. The largest absolute Gasteiger partial charge is 0.383 e. The average Bonchev–Trinajstić information content (AvgIpc) is 2.86. The lowest BCUT2D eigenvalue weighted by Gasteiger charge is -2.27. The molecule has 1 saturated carbocycles. The van der Waals surface area contributed by atoms with Crippen LogP contribution in [0.1, 0.15) is 31.2 Å². The summed E-state index contributed by atoms with van der Waals surface area (Å²) in [7, 11) is 0. The number of nitrogens with zero attached hydrogens (tertiary/aromatic N) is 1. The summed E-state index contributed by atoms with van der Waals surface area (Å²) in [6.07, 6.45) is 7.44. The Balaban J connectivity index is 2.04. The van der Waals surface area contributed by atoms with Crippen LogP contribution < -0.4 is 5.32 Å². The molecular weight excluding hydrogens is 228 g/mol.